The van der Waals surface area contributed by atoms with E-state index >= 15 is 0 Å². The SMILES string of the molecule is C[C@H](CO)NC(=O)C[C@H]1CC=CCCC[C@H](Cc2ccccc2)C(=O)OC[C@H](CSCc2ccccc2)NC1=O. The Morgan fingerprint density at radius 2 is 1.75 bits per heavy atom. The second-order valence-electron chi connectivity index (χ2n) is 10.4. The van der Waals surface area contributed by atoms with Gasteiger partial charge in [0, 0.05) is 24.0 Å². The van der Waals surface area contributed by atoms with Gasteiger partial charge in [-0.1, -0.05) is 72.8 Å². The fraction of sp³-hybridized carbons (Fsp3) is 0.469. The Balaban J connectivity index is 1.72. The number of benzene rings is 2. The van der Waals surface area contributed by atoms with E-state index in [1.54, 1.807) is 18.7 Å². The summed E-state index contributed by atoms with van der Waals surface area (Å²) in [6.07, 6.45) is 7.37. The van der Waals surface area contributed by atoms with E-state index in [4.69, 9.17) is 4.74 Å². The standard InChI is InChI=1S/C32H42N2O5S/c1-24(20-35)33-30(36)19-27-16-10-2-3-11-17-28(18-25-12-6-4-7-13-25)32(38)39-21-29(34-31(27)37)23-40-22-26-14-8-5-9-15-26/h2,4-10,12-15,24,27-29,35H,3,11,16-23H2,1H3,(H,33,36)(H,34,37)/t24-,27-,28-,29-/m1/s1. The number of carbonyl (C=O) groups is 3. The maximum atomic E-state index is 13.4. The summed E-state index contributed by atoms with van der Waals surface area (Å²) in [4.78, 5) is 39.1. The smallest absolute Gasteiger partial charge is 0.309 e. The quantitative estimate of drug-likeness (QED) is 0.290. The summed E-state index contributed by atoms with van der Waals surface area (Å²) in [6, 6.07) is 19.3. The number of ether oxygens (including phenoxy) is 1. The van der Waals surface area contributed by atoms with Crippen LogP contribution in [-0.2, 0) is 31.3 Å². The molecule has 0 fully saturated rings. The number of cyclic esters (lactones) is 1. The van der Waals surface area contributed by atoms with Crippen LogP contribution in [0.3, 0.4) is 0 Å². The zero-order chi connectivity index (χ0) is 28.6. The van der Waals surface area contributed by atoms with Gasteiger partial charge in [0.25, 0.3) is 0 Å². The van der Waals surface area contributed by atoms with Gasteiger partial charge in [-0.2, -0.15) is 11.8 Å². The molecule has 2 aromatic carbocycles. The predicted molar refractivity (Wildman–Crippen MR) is 160 cm³/mol. The van der Waals surface area contributed by atoms with E-state index in [0.717, 1.165) is 24.2 Å². The van der Waals surface area contributed by atoms with Crippen LogP contribution in [-0.4, -0.2) is 53.9 Å². The lowest BCUT2D eigenvalue weighted by Gasteiger charge is -2.24. The monoisotopic (exact) mass is 566 g/mol. The molecule has 3 N–H and O–H groups in total. The molecule has 7 nitrogen and oxygen atoms in total. The van der Waals surface area contributed by atoms with Crippen LogP contribution < -0.4 is 10.6 Å². The maximum absolute atomic E-state index is 13.4. The molecule has 40 heavy (non-hydrogen) atoms. The first kappa shape index (κ1) is 31.4. The molecule has 0 radical (unpaired) electrons. The van der Waals surface area contributed by atoms with Crippen molar-refractivity contribution in [3.63, 3.8) is 0 Å². The van der Waals surface area contributed by atoms with Gasteiger partial charge in [0.05, 0.1) is 24.5 Å². The fourth-order valence-electron chi connectivity index (χ4n) is 4.59. The van der Waals surface area contributed by atoms with Crippen LogP contribution in [0.1, 0.15) is 50.2 Å². The maximum Gasteiger partial charge on any atom is 0.309 e. The molecule has 0 saturated heterocycles. The minimum atomic E-state index is -0.562. The number of amides is 2. The van der Waals surface area contributed by atoms with E-state index in [-0.39, 0.29) is 49.4 Å². The van der Waals surface area contributed by atoms with Gasteiger partial charge in [0.1, 0.15) is 6.61 Å². The fourth-order valence-corrected chi connectivity index (χ4v) is 5.60. The molecule has 8 heteroatoms. The molecule has 1 heterocycles. The average Bonchev–Trinajstić information content (AvgIpc) is 2.96. The number of esters is 1. The molecule has 216 valence electrons. The molecular weight excluding hydrogens is 524 g/mol. The van der Waals surface area contributed by atoms with Crippen molar-refractivity contribution in [3.8, 4) is 0 Å². The van der Waals surface area contributed by atoms with Gasteiger partial charge in [0.2, 0.25) is 11.8 Å². The lowest BCUT2D eigenvalue weighted by atomic mass is 9.93. The second kappa shape index (κ2) is 17.6. The van der Waals surface area contributed by atoms with Crippen molar-refractivity contribution in [2.75, 3.05) is 19.0 Å². The lowest BCUT2D eigenvalue weighted by molar-refractivity contribution is -0.150. The Morgan fingerprint density at radius 3 is 2.45 bits per heavy atom. The van der Waals surface area contributed by atoms with Crippen molar-refractivity contribution >= 4 is 29.5 Å². The van der Waals surface area contributed by atoms with Gasteiger partial charge in [-0.05, 0) is 50.2 Å². The van der Waals surface area contributed by atoms with E-state index in [1.807, 2.05) is 60.7 Å². The number of allylic oxidation sites excluding steroid dienone is 2. The summed E-state index contributed by atoms with van der Waals surface area (Å²) in [5.74, 6) is -0.243. The largest absolute Gasteiger partial charge is 0.463 e. The Bertz CT molecular complexity index is 1080. The van der Waals surface area contributed by atoms with Crippen LogP contribution in [0.25, 0.3) is 0 Å². The van der Waals surface area contributed by atoms with Crippen molar-refractivity contribution < 1.29 is 24.2 Å². The van der Waals surface area contributed by atoms with Crippen LogP contribution in [0, 0.1) is 11.8 Å². The molecular formula is C32H42N2O5S. The first-order valence-corrected chi connectivity index (χ1v) is 15.3. The van der Waals surface area contributed by atoms with E-state index in [0.29, 0.717) is 25.0 Å². The number of aliphatic hydroxyl groups is 1. The zero-order valence-corrected chi connectivity index (χ0v) is 24.1. The molecule has 4 atom stereocenters. The van der Waals surface area contributed by atoms with Crippen LogP contribution in [0.15, 0.2) is 72.8 Å². The normalized spacial score (nSPS) is 21.5. The highest BCUT2D eigenvalue weighted by Crippen LogP contribution is 2.20. The zero-order valence-electron chi connectivity index (χ0n) is 23.3. The molecule has 2 amide bonds. The minimum absolute atomic E-state index is 0.0172. The summed E-state index contributed by atoms with van der Waals surface area (Å²) in [5.41, 5.74) is 2.28. The van der Waals surface area contributed by atoms with Gasteiger partial charge in [0.15, 0.2) is 0 Å². The molecule has 0 bridgehead atoms. The van der Waals surface area contributed by atoms with E-state index in [1.165, 1.54) is 5.56 Å². The number of carbonyl (C=O) groups excluding carboxylic acids is 3. The second-order valence-corrected chi connectivity index (χ2v) is 11.4. The summed E-state index contributed by atoms with van der Waals surface area (Å²) in [7, 11) is 0. The number of nitrogens with one attached hydrogen (secondary N) is 2. The molecule has 0 aliphatic carbocycles. The Hall–Kier alpha value is -3.10. The van der Waals surface area contributed by atoms with Crippen molar-refractivity contribution in [2.45, 2.75) is 63.3 Å². The molecule has 0 unspecified atom stereocenters. The Kier molecular flexibility index (Phi) is 13.8. The first-order valence-electron chi connectivity index (χ1n) is 14.1. The van der Waals surface area contributed by atoms with Crippen molar-refractivity contribution in [3.05, 3.63) is 83.9 Å². The van der Waals surface area contributed by atoms with Gasteiger partial charge in [-0.25, -0.2) is 0 Å². The van der Waals surface area contributed by atoms with Crippen LogP contribution in [0.2, 0.25) is 0 Å². The molecule has 0 saturated carbocycles. The number of rotatable bonds is 10. The van der Waals surface area contributed by atoms with Gasteiger partial charge in [-0.15, -0.1) is 0 Å². The van der Waals surface area contributed by atoms with E-state index in [2.05, 4.69) is 22.8 Å². The highest BCUT2D eigenvalue weighted by molar-refractivity contribution is 7.98. The van der Waals surface area contributed by atoms with Crippen LogP contribution >= 0.6 is 11.8 Å². The summed E-state index contributed by atoms with van der Waals surface area (Å²) in [6.45, 7) is 1.62. The topological polar surface area (TPSA) is 105 Å². The number of thioether (sulfide) groups is 1. The van der Waals surface area contributed by atoms with Gasteiger partial charge < -0.3 is 20.5 Å². The molecule has 1 aliphatic heterocycles. The van der Waals surface area contributed by atoms with Gasteiger partial charge >= 0.3 is 5.97 Å². The third-order valence-corrected chi connectivity index (χ3v) is 8.03. The first-order chi connectivity index (χ1) is 19.4. The summed E-state index contributed by atoms with van der Waals surface area (Å²) in [5, 5.41) is 15.1. The lowest BCUT2D eigenvalue weighted by Crippen LogP contribution is -2.45. The number of hydrogen-bond donors (Lipinski definition) is 3. The Labute approximate surface area is 242 Å². The summed E-state index contributed by atoms with van der Waals surface area (Å²) >= 11 is 1.66. The van der Waals surface area contributed by atoms with Gasteiger partial charge in [-0.3, -0.25) is 14.4 Å². The van der Waals surface area contributed by atoms with Crippen LogP contribution in [0.4, 0.5) is 0 Å². The number of aliphatic hydroxyl groups excluding tert-OH is 1. The van der Waals surface area contributed by atoms with Crippen molar-refractivity contribution in [1.29, 1.82) is 0 Å². The Morgan fingerprint density at radius 1 is 1.05 bits per heavy atom. The molecule has 0 spiro atoms. The third kappa shape index (κ3) is 11.6. The van der Waals surface area contributed by atoms with Crippen molar-refractivity contribution in [1.82, 2.24) is 10.6 Å². The molecule has 0 aromatic heterocycles. The molecule has 3 rings (SSSR count). The third-order valence-electron chi connectivity index (χ3n) is 6.86. The minimum Gasteiger partial charge on any atom is -0.463 e. The molecule has 2 aromatic rings. The summed E-state index contributed by atoms with van der Waals surface area (Å²) < 4.78 is 5.83. The number of hydrogen-bond acceptors (Lipinski definition) is 6. The highest BCUT2D eigenvalue weighted by atomic mass is 32.2. The van der Waals surface area contributed by atoms with E-state index < -0.39 is 12.0 Å². The van der Waals surface area contributed by atoms with Crippen molar-refractivity contribution in [2.24, 2.45) is 11.8 Å². The van der Waals surface area contributed by atoms with E-state index in [9.17, 15) is 19.5 Å². The highest BCUT2D eigenvalue weighted by Gasteiger charge is 2.26. The van der Waals surface area contributed by atoms with Crippen LogP contribution in [0.5, 0.6) is 0 Å². The molecule has 1 aliphatic rings. The average molecular weight is 567 g/mol. The predicted octanol–water partition coefficient (Wildman–Crippen LogP) is 4.44.